The van der Waals surface area contributed by atoms with E-state index in [1.54, 1.807) is 12.3 Å². The molecule has 6 heteroatoms. The molecule has 1 rings (SSSR count). The number of carbonyl (C=O) groups excluding carboxylic acids is 2. The summed E-state index contributed by atoms with van der Waals surface area (Å²) in [5.41, 5.74) is 0.347. The van der Waals surface area contributed by atoms with Crippen LogP contribution in [-0.2, 0) is 19.1 Å². The molecule has 1 atom stereocenters. The van der Waals surface area contributed by atoms with Gasteiger partial charge in [0, 0.05) is 11.2 Å². The summed E-state index contributed by atoms with van der Waals surface area (Å²) in [4.78, 5) is 23.6. The van der Waals surface area contributed by atoms with Gasteiger partial charge in [-0.2, -0.15) is 0 Å². The van der Waals surface area contributed by atoms with Gasteiger partial charge in [0.1, 0.15) is 11.7 Å². The van der Waals surface area contributed by atoms with Crippen molar-refractivity contribution in [3.8, 4) is 0 Å². The normalized spacial score (nSPS) is 17.4. The third kappa shape index (κ3) is 7.20. The van der Waals surface area contributed by atoms with Crippen molar-refractivity contribution < 1.29 is 19.1 Å². The van der Waals surface area contributed by atoms with Crippen LogP contribution in [0.4, 0.5) is 0 Å². The SMILES string of the molecule is CCCCCCCCOC(=O)C1=CSC[C@@H](C(=O)OCC)N1. The molecule has 1 N–H and O–H groups in total. The number of carbonyl (C=O) groups is 2. The minimum absolute atomic E-state index is 0.329. The van der Waals surface area contributed by atoms with E-state index >= 15 is 0 Å². The summed E-state index contributed by atoms with van der Waals surface area (Å²) in [6, 6.07) is -0.480. The van der Waals surface area contributed by atoms with E-state index in [-0.39, 0.29) is 5.97 Å². The molecule has 0 unspecified atom stereocenters. The summed E-state index contributed by atoms with van der Waals surface area (Å²) in [6.45, 7) is 4.72. The lowest BCUT2D eigenvalue weighted by atomic mass is 10.1. The fourth-order valence-electron chi connectivity index (χ4n) is 2.09. The Morgan fingerprint density at radius 2 is 1.91 bits per heavy atom. The second kappa shape index (κ2) is 11.4. The minimum Gasteiger partial charge on any atom is -0.464 e. The van der Waals surface area contributed by atoms with E-state index in [0.717, 1.165) is 12.8 Å². The third-order valence-corrected chi connectivity index (χ3v) is 4.24. The van der Waals surface area contributed by atoms with Crippen LogP contribution in [0.25, 0.3) is 0 Å². The zero-order valence-electron chi connectivity index (χ0n) is 13.6. The molecular formula is C16H27NO4S. The Morgan fingerprint density at radius 3 is 2.64 bits per heavy atom. The summed E-state index contributed by atoms with van der Waals surface area (Å²) < 4.78 is 10.2. The molecule has 22 heavy (non-hydrogen) atoms. The fraction of sp³-hybridized carbons (Fsp3) is 0.750. The maximum absolute atomic E-state index is 11.9. The standard InChI is InChI=1S/C16H27NO4S/c1-3-5-6-7-8-9-10-21-16(19)14-12-22-11-13(17-14)15(18)20-4-2/h12-13,17H,3-11H2,1-2H3/t13-/m0/s1. The molecule has 126 valence electrons. The van der Waals surface area contributed by atoms with E-state index in [1.165, 1.54) is 37.4 Å². The Hall–Kier alpha value is -1.17. The topological polar surface area (TPSA) is 64.6 Å². The fourth-order valence-corrected chi connectivity index (χ4v) is 2.93. The van der Waals surface area contributed by atoms with Crippen LogP contribution in [-0.4, -0.2) is 36.9 Å². The first-order valence-electron chi connectivity index (χ1n) is 8.11. The van der Waals surface area contributed by atoms with Crippen molar-refractivity contribution in [2.45, 2.75) is 58.4 Å². The van der Waals surface area contributed by atoms with Gasteiger partial charge in [-0.3, -0.25) is 0 Å². The quantitative estimate of drug-likeness (QED) is 0.491. The summed E-state index contributed by atoms with van der Waals surface area (Å²) in [5.74, 6) is -0.160. The summed E-state index contributed by atoms with van der Waals surface area (Å²) in [5, 5.41) is 4.61. The highest BCUT2D eigenvalue weighted by molar-refractivity contribution is 8.02. The van der Waals surface area contributed by atoms with Gasteiger partial charge >= 0.3 is 11.9 Å². The van der Waals surface area contributed by atoms with E-state index < -0.39 is 12.0 Å². The van der Waals surface area contributed by atoms with Gasteiger partial charge in [0.05, 0.1) is 13.2 Å². The Bertz CT molecular complexity index is 384. The van der Waals surface area contributed by atoms with Crippen molar-refractivity contribution in [1.29, 1.82) is 0 Å². The van der Waals surface area contributed by atoms with Gasteiger partial charge in [-0.1, -0.05) is 39.0 Å². The van der Waals surface area contributed by atoms with Crippen LogP contribution in [0.2, 0.25) is 0 Å². The molecular weight excluding hydrogens is 302 g/mol. The molecule has 0 amide bonds. The van der Waals surface area contributed by atoms with E-state index in [4.69, 9.17) is 9.47 Å². The Balaban J connectivity index is 2.22. The highest BCUT2D eigenvalue weighted by atomic mass is 32.2. The number of thioether (sulfide) groups is 1. The minimum atomic E-state index is -0.480. The van der Waals surface area contributed by atoms with Gasteiger partial charge in [-0.05, 0) is 13.3 Å². The van der Waals surface area contributed by atoms with Crippen LogP contribution in [0.5, 0.6) is 0 Å². The lowest BCUT2D eigenvalue weighted by Gasteiger charge is -2.22. The van der Waals surface area contributed by atoms with Crippen molar-refractivity contribution in [1.82, 2.24) is 5.32 Å². The van der Waals surface area contributed by atoms with Crippen LogP contribution in [0.3, 0.4) is 0 Å². The average Bonchev–Trinajstić information content (AvgIpc) is 2.54. The molecule has 0 aliphatic carbocycles. The highest BCUT2D eigenvalue weighted by Gasteiger charge is 2.26. The van der Waals surface area contributed by atoms with Gasteiger partial charge in [-0.15, -0.1) is 11.8 Å². The van der Waals surface area contributed by atoms with Crippen LogP contribution in [0.15, 0.2) is 11.1 Å². The number of unbranched alkanes of at least 4 members (excludes halogenated alkanes) is 5. The molecule has 0 aromatic heterocycles. The molecule has 0 radical (unpaired) electrons. The third-order valence-electron chi connectivity index (χ3n) is 3.32. The molecule has 0 saturated heterocycles. The van der Waals surface area contributed by atoms with Crippen LogP contribution in [0, 0.1) is 0 Å². The van der Waals surface area contributed by atoms with Crippen molar-refractivity contribution in [3.63, 3.8) is 0 Å². The first-order chi connectivity index (χ1) is 10.7. The maximum atomic E-state index is 11.9. The number of rotatable bonds is 10. The van der Waals surface area contributed by atoms with Crippen LogP contribution >= 0.6 is 11.8 Å². The lowest BCUT2D eigenvalue weighted by Crippen LogP contribution is -2.43. The highest BCUT2D eigenvalue weighted by Crippen LogP contribution is 2.17. The van der Waals surface area contributed by atoms with E-state index in [0.29, 0.717) is 24.7 Å². The second-order valence-corrected chi connectivity index (χ2v) is 6.12. The molecule has 5 nitrogen and oxygen atoms in total. The van der Waals surface area contributed by atoms with Crippen molar-refractivity contribution in [2.24, 2.45) is 0 Å². The number of hydrogen-bond acceptors (Lipinski definition) is 6. The molecule has 0 spiro atoms. The number of esters is 2. The van der Waals surface area contributed by atoms with Gasteiger partial charge in [0.15, 0.2) is 0 Å². The number of nitrogens with one attached hydrogen (secondary N) is 1. The predicted octanol–water partition coefficient (Wildman–Crippen LogP) is 3.00. The molecule has 1 aliphatic heterocycles. The Kier molecular flexibility index (Phi) is 9.79. The molecule has 1 aliphatic rings. The van der Waals surface area contributed by atoms with Gasteiger partial charge < -0.3 is 14.8 Å². The first kappa shape index (κ1) is 18.9. The van der Waals surface area contributed by atoms with Crippen LogP contribution in [0.1, 0.15) is 52.4 Å². The summed E-state index contributed by atoms with van der Waals surface area (Å²) in [6.07, 6.45) is 6.90. The molecule has 0 aromatic rings. The van der Waals surface area contributed by atoms with Gasteiger partial charge in [0.2, 0.25) is 0 Å². The predicted molar refractivity (Wildman–Crippen MR) is 88.4 cm³/mol. The first-order valence-corrected chi connectivity index (χ1v) is 9.16. The van der Waals surface area contributed by atoms with Crippen molar-refractivity contribution in [2.75, 3.05) is 19.0 Å². The number of hydrogen-bond donors (Lipinski definition) is 1. The second-order valence-electron chi connectivity index (χ2n) is 5.22. The molecule has 0 aromatic carbocycles. The molecule has 0 bridgehead atoms. The largest absolute Gasteiger partial charge is 0.464 e. The monoisotopic (exact) mass is 329 g/mol. The van der Waals surface area contributed by atoms with Gasteiger partial charge in [0.25, 0.3) is 0 Å². The zero-order chi connectivity index (χ0) is 16.2. The Labute approximate surface area is 137 Å². The molecule has 0 saturated carbocycles. The van der Waals surface area contributed by atoms with Crippen LogP contribution < -0.4 is 5.32 Å². The zero-order valence-corrected chi connectivity index (χ0v) is 14.4. The van der Waals surface area contributed by atoms with Gasteiger partial charge in [-0.25, -0.2) is 9.59 Å². The van der Waals surface area contributed by atoms with E-state index in [1.807, 2.05) is 0 Å². The Morgan fingerprint density at radius 1 is 1.18 bits per heavy atom. The smallest absolute Gasteiger partial charge is 0.354 e. The average molecular weight is 329 g/mol. The van der Waals surface area contributed by atoms with Crippen molar-refractivity contribution >= 4 is 23.7 Å². The van der Waals surface area contributed by atoms with E-state index in [2.05, 4.69) is 12.2 Å². The van der Waals surface area contributed by atoms with E-state index in [9.17, 15) is 9.59 Å². The molecule has 1 heterocycles. The summed E-state index contributed by atoms with van der Waals surface area (Å²) >= 11 is 1.42. The summed E-state index contributed by atoms with van der Waals surface area (Å²) in [7, 11) is 0. The van der Waals surface area contributed by atoms with Crippen molar-refractivity contribution in [3.05, 3.63) is 11.1 Å². The lowest BCUT2D eigenvalue weighted by molar-refractivity contribution is -0.145. The molecule has 0 fully saturated rings. The maximum Gasteiger partial charge on any atom is 0.354 e. The number of ether oxygens (including phenoxy) is 2.